The first-order valence-electron chi connectivity index (χ1n) is 8.71. The summed E-state index contributed by atoms with van der Waals surface area (Å²) in [5.74, 6) is 2.25. The van der Waals surface area contributed by atoms with Crippen LogP contribution in [0.1, 0.15) is 18.4 Å². The second-order valence-corrected chi connectivity index (χ2v) is 6.91. The Kier molecular flexibility index (Phi) is 4.63. The molecule has 132 valence electrons. The van der Waals surface area contributed by atoms with Gasteiger partial charge in [0.15, 0.2) is 11.6 Å². The minimum Gasteiger partial charge on any atom is -0.485 e. The number of rotatable bonds is 3. The molecule has 0 spiro atoms. The Balaban J connectivity index is 1.64. The van der Waals surface area contributed by atoms with Crippen molar-refractivity contribution in [1.29, 1.82) is 0 Å². The number of benzene rings is 1. The normalized spacial score (nSPS) is 17.8. The van der Waals surface area contributed by atoms with Gasteiger partial charge in [0.1, 0.15) is 12.9 Å². The van der Waals surface area contributed by atoms with Crippen molar-refractivity contribution in [2.75, 3.05) is 36.5 Å². The lowest BCUT2D eigenvalue weighted by Crippen LogP contribution is -2.47. The Bertz CT molecular complexity index is 763. The molecule has 1 fully saturated rings. The van der Waals surface area contributed by atoms with Crippen molar-refractivity contribution in [3.8, 4) is 5.75 Å². The first-order valence-corrected chi connectivity index (χ1v) is 9.08. The van der Waals surface area contributed by atoms with Crippen LogP contribution in [0.5, 0.6) is 5.75 Å². The molecule has 1 aromatic heterocycles. The highest BCUT2D eigenvalue weighted by atomic mass is 35.5. The molecule has 4 rings (SSSR count). The molecule has 7 heteroatoms. The third-order valence-corrected chi connectivity index (χ3v) is 5.08. The van der Waals surface area contributed by atoms with E-state index in [2.05, 4.69) is 25.5 Å². The molecule has 1 saturated heterocycles. The summed E-state index contributed by atoms with van der Waals surface area (Å²) >= 11 is 6.35. The summed E-state index contributed by atoms with van der Waals surface area (Å²) in [4.78, 5) is 11.3. The van der Waals surface area contributed by atoms with Crippen LogP contribution in [0.15, 0.2) is 24.5 Å². The van der Waals surface area contributed by atoms with Crippen LogP contribution in [-0.4, -0.2) is 42.3 Å². The highest BCUT2D eigenvalue weighted by molar-refractivity contribution is 6.33. The maximum atomic E-state index is 6.35. The lowest BCUT2D eigenvalue weighted by molar-refractivity contribution is 0.288. The van der Waals surface area contributed by atoms with E-state index in [1.807, 2.05) is 25.1 Å². The molecule has 2 aromatic rings. The van der Waals surface area contributed by atoms with Crippen molar-refractivity contribution in [1.82, 2.24) is 15.3 Å². The number of anilines is 3. The van der Waals surface area contributed by atoms with E-state index in [1.165, 1.54) is 0 Å². The van der Waals surface area contributed by atoms with E-state index >= 15 is 0 Å². The molecule has 25 heavy (non-hydrogen) atoms. The van der Waals surface area contributed by atoms with E-state index in [-0.39, 0.29) is 0 Å². The minimum atomic E-state index is 0.495. The minimum absolute atomic E-state index is 0.495. The van der Waals surface area contributed by atoms with E-state index < -0.39 is 0 Å². The van der Waals surface area contributed by atoms with Crippen LogP contribution in [0, 0.1) is 6.92 Å². The summed E-state index contributed by atoms with van der Waals surface area (Å²) in [5, 5.41) is 7.38. The number of hydrogen-bond acceptors (Lipinski definition) is 6. The van der Waals surface area contributed by atoms with E-state index in [1.54, 1.807) is 6.33 Å². The molecule has 0 saturated carbocycles. The van der Waals surface area contributed by atoms with Crippen molar-refractivity contribution >= 4 is 28.9 Å². The Morgan fingerprint density at radius 2 is 2.12 bits per heavy atom. The van der Waals surface area contributed by atoms with Gasteiger partial charge in [0.05, 0.1) is 17.3 Å². The van der Waals surface area contributed by atoms with Crippen LogP contribution >= 0.6 is 11.6 Å². The number of ether oxygens (including phenoxy) is 1. The maximum Gasteiger partial charge on any atom is 0.205 e. The fraction of sp³-hybridized carbons (Fsp3) is 0.444. The molecule has 2 aliphatic rings. The van der Waals surface area contributed by atoms with E-state index in [4.69, 9.17) is 16.3 Å². The summed E-state index contributed by atoms with van der Waals surface area (Å²) in [6.45, 7) is 5.61. The maximum absolute atomic E-state index is 6.35. The topological polar surface area (TPSA) is 62.3 Å². The van der Waals surface area contributed by atoms with Gasteiger partial charge in [-0.25, -0.2) is 9.97 Å². The Hall–Kier alpha value is -2.05. The van der Waals surface area contributed by atoms with Crippen molar-refractivity contribution in [2.24, 2.45) is 0 Å². The van der Waals surface area contributed by atoms with Gasteiger partial charge in [-0.1, -0.05) is 17.7 Å². The molecule has 0 atom stereocenters. The highest BCUT2D eigenvalue weighted by Crippen LogP contribution is 2.39. The predicted octanol–water partition coefficient (Wildman–Crippen LogP) is 3.13. The quantitative estimate of drug-likeness (QED) is 0.878. The van der Waals surface area contributed by atoms with Gasteiger partial charge in [-0.2, -0.15) is 0 Å². The number of aromatic nitrogens is 2. The van der Waals surface area contributed by atoms with Crippen LogP contribution < -0.4 is 20.3 Å². The molecule has 0 bridgehead atoms. The van der Waals surface area contributed by atoms with Gasteiger partial charge >= 0.3 is 0 Å². The number of piperidine rings is 1. The Labute approximate surface area is 152 Å². The number of aryl methyl sites for hydroxylation is 1. The molecule has 6 nitrogen and oxygen atoms in total. The number of nitrogens with one attached hydrogen (secondary N) is 2. The van der Waals surface area contributed by atoms with Crippen LogP contribution in [0.25, 0.3) is 0 Å². The average molecular weight is 360 g/mol. The lowest BCUT2D eigenvalue weighted by Gasteiger charge is -2.38. The number of fused-ring (bicyclic) bond motifs is 1. The summed E-state index contributed by atoms with van der Waals surface area (Å²) in [6, 6.07) is 6.40. The van der Waals surface area contributed by atoms with Gasteiger partial charge < -0.3 is 20.3 Å². The summed E-state index contributed by atoms with van der Waals surface area (Å²) in [7, 11) is 0. The van der Waals surface area contributed by atoms with Gasteiger partial charge in [-0.05, 0) is 50.6 Å². The number of halogens is 1. The summed E-state index contributed by atoms with van der Waals surface area (Å²) in [5.41, 5.74) is 1.93. The monoisotopic (exact) mass is 359 g/mol. The largest absolute Gasteiger partial charge is 0.485 e. The number of nitrogens with zero attached hydrogens (tertiary/aromatic N) is 3. The zero-order valence-corrected chi connectivity index (χ0v) is 15.0. The van der Waals surface area contributed by atoms with E-state index in [0.29, 0.717) is 29.2 Å². The first kappa shape index (κ1) is 16.4. The van der Waals surface area contributed by atoms with Crippen LogP contribution in [0.2, 0.25) is 5.02 Å². The molecule has 0 aliphatic carbocycles. The third-order valence-electron chi connectivity index (χ3n) is 4.76. The second-order valence-electron chi connectivity index (χ2n) is 6.51. The van der Waals surface area contributed by atoms with Crippen molar-refractivity contribution in [3.63, 3.8) is 0 Å². The zero-order chi connectivity index (χ0) is 17.2. The van der Waals surface area contributed by atoms with Crippen molar-refractivity contribution < 1.29 is 4.74 Å². The van der Waals surface area contributed by atoms with Crippen LogP contribution in [0.3, 0.4) is 0 Å². The Morgan fingerprint density at radius 1 is 1.28 bits per heavy atom. The molecule has 0 amide bonds. The van der Waals surface area contributed by atoms with Crippen molar-refractivity contribution in [3.05, 3.63) is 35.1 Å². The molecule has 1 aromatic carbocycles. The third kappa shape index (κ3) is 3.37. The zero-order valence-electron chi connectivity index (χ0n) is 14.3. The predicted molar refractivity (Wildman–Crippen MR) is 100 cm³/mol. The van der Waals surface area contributed by atoms with Gasteiger partial charge in [0.25, 0.3) is 0 Å². The molecule has 2 aliphatic heterocycles. The molecular weight excluding hydrogens is 338 g/mol. The molecule has 3 heterocycles. The van der Waals surface area contributed by atoms with E-state index in [0.717, 1.165) is 49.5 Å². The summed E-state index contributed by atoms with van der Waals surface area (Å²) < 4.78 is 5.92. The standard InChI is InChI=1S/C18H22ClN5O/c1-12-2-3-15(14(19)10-12)23-17-16-18(22-11-21-17)24(8-9-25-16)13-4-6-20-7-5-13/h2-3,10-11,13,20H,4-9H2,1H3,(H,21,22,23). The first-order chi connectivity index (χ1) is 12.2. The molecule has 0 unspecified atom stereocenters. The molecule has 2 N–H and O–H groups in total. The van der Waals surface area contributed by atoms with Gasteiger partial charge in [0, 0.05) is 6.04 Å². The number of hydrogen-bond donors (Lipinski definition) is 2. The fourth-order valence-electron chi connectivity index (χ4n) is 3.47. The fourth-order valence-corrected chi connectivity index (χ4v) is 3.75. The van der Waals surface area contributed by atoms with Crippen LogP contribution in [0.4, 0.5) is 17.3 Å². The van der Waals surface area contributed by atoms with E-state index in [9.17, 15) is 0 Å². The Morgan fingerprint density at radius 3 is 2.92 bits per heavy atom. The van der Waals surface area contributed by atoms with Gasteiger partial charge in [-0.15, -0.1) is 0 Å². The van der Waals surface area contributed by atoms with Crippen molar-refractivity contribution in [2.45, 2.75) is 25.8 Å². The molecular formula is C18H22ClN5O. The summed E-state index contributed by atoms with van der Waals surface area (Å²) in [6.07, 6.45) is 3.83. The lowest BCUT2D eigenvalue weighted by atomic mass is 10.0. The second kappa shape index (κ2) is 7.06. The van der Waals surface area contributed by atoms with Crippen LogP contribution in [-0.2, 0) is 0 Å². The van der Waals surface area contributed by atoms with Gasteiger partial charge in [0.2, 0.25) is 5.75 Å². The van der Waals surface area contributed by atoms with Gasteiger partial charge in [-0.3, -0.25) is 0 Å². The molecule has 0 radical (unpaired) electrons. The SMILES string of the molecule is Cc1ccc(Nc2ncnc3c2OCCN3C2CCNCC2)c(Cl)c1. The highest BCUT2D eigenvalue weighted by Gasteiger charge is 2.29. The smallest absolute Gasteiger partial charge is 0.205 e. The average Bonchev–Trinajstić information content (AvgIpc) is 2.64.